The third-order valence-electron chi connectivity index (χ3n) is 3.18. The molecule has 0 aliphatic carbocycles. The molecule has 114 valence electrons. The molecule has 1 aromatic carbocycles. The summed E-state index contributed by atoms with van der Waals surface area (Å²) in [5, 5.41) is 6.39. The van der Waals surface area contributed by atoms with Crippen LogP contribution in [0.4, 0.5) is 5.69 Å². The first-order valence-electron chi connectivity index (χ1n) is 6.97. The molecule has 0 bridgehead atoms. The van der Waals surface area contributed by atoms with Gasteiger partial charge in [0.05, 0.1) is 17.7 Å². The second-order valence-electron chi connectivity index (χ2n) is 6.18. The fourth-order valence-corrected chi connectivity index (χ4v) is 2.86. The monoisotopic (exact) mass is 323 g/mol. The van der Waals surface area contributed by atoms with Crippen molar-refractivity contribution in [3.05, 3.63) is 45.4 Å². The fourth-order valence-electron chi connectivity index (χ4n) is 2.08. The standard InChI is InChI=1S/C16H22ClN3S/c1-16(2,3)19-8-13-14(17)6-5-7-15(13)20(4)9-12-10-21-11-18-12/h5-7,10-11,19H,8-9H2,1-4H3. The average molecular weight is 324 g/mol. The molecule has 5 heteroatoms. The number of hydrogen-bond acceptors (Lipinski definition) is 4. The van der Waals surface area contributed by atoms with E-state index in [1.54, 1.807) is 11.3 Å². The Kier molecular flexibility index (Phi) is 5.25. The van der Waals surface area contributed by atoms with E-state index in [1.165, 1.54) is 0 Å². The van der Waals surface area contributed by atoms with Crippen molar-refractivity contribution in [1.29, 1.82) is 0 Å². The molecule has 0 atom stereocenters. The van der Waals surface area contributed by atoms with Crippen molar-refractivity contribution in [2.45, 2.75) is 39.4 Å². The lowest BCUT2D eigenvalue weighted by molar-refractivity contribution is 0.424. The molecular formula is C16H22ClN3S. The molecule has 0 fully saturated rings. The van der Waals surface area contributed by atoms with E-state index >= 15 is 0 Å². The predicted octanol–water partition coefficient (Wildman–Crippen LogP) is 4.32. The van der Waals surface area contributed by atoms with Gasteiger partial charge in [-0.1, -0.05) is 17.7 Å². The van der Waals surface area contributed by atoms with Gasteiger partial charge in [0, 0.05) is 40.8 Å². The molecule has 0 unspecified atom stereocenters. The van der Waals surface area contributed by atoms with Gasteiger partial charge in [-0.3, -0.25) is 0 Å². The van der Waals surface area contributed by atoms with Gasteiger partial charge in [-0.2, -0.15) is 0 Å². The van der Waals surface area contributed by atoms with Crippen LogP contribution in [-0.2, 0) is 13.1 Å². The fraction of sp³-hybridized carbons (Fsp3) is 0.438. The SMILES string of the molecule is CN(Cc1cscn1)c1cccc(Cl)c1CNC(C)(C)C. The predicted molar refractivity (Wildman–Crippen MR) is 92.3 cm³/mol. The van der Waals surface area contributed by atoms with Gasteiger partial charge < -0.3 is 10.2 Å². The van der Waals surface area contributed by atoms with Gasteiger partial charge in [-0.05, 0) is 32.9 Å². The quantitative estimate of drug-likeness (QED) is 0.888. The molecule has 0 saturated heterocycles. The van der Waals surface area contributed by atoms with Crippen molar-refractivity contribution in [1.82, 2.24) is 10.3 Å². The molecule has 0 saturated carbocycles. The highest BCUT2D eigenvalue weighted by Gasteiger charge is 2.15. The number of nitrogens with zero attached hydrogens (tertiary/aromatic N) is 2. The van der Waals surface area contributed by atoms with Crippen LogP contribution in [0.3, 0.4) is 0 Å². The number of aromatic nitrogens is 1. The van der Waals surface area contributed by atoms with E-state index in [0.29, 0.717) is 0 Å². The topological polar surface area (TPSA) is 28.2 Å². The molecule has 1 aromatic heterocycles. The lowest BCUT2D eigenvalue weighted by Gasteiger charge is -2.26. The number of rotatable bonds is 5. The summed E-state index contributed by atoms with van der Waals surface area (Å²) in [7, 11) is 2.07. The van der Waals surface area contributed by atoms with Gasteiger partial charge in [-0.15, -0.1) is 11.3 Å². The molecule has 0 radical (unpaired) electrons. The van der Waals surface area contributed by atoms with Crippen molar-refractivity contribution in [3.63, 3.8) is 0 Å². The third-order valence-corrected chi connectivity index (χ3v) is 4.17. The molecule has 0 aliphatic rings. The Balaban J connectivity index is 2.20. The summed E-state index contributed by atoms with van der Waals surface area (Å²) in [6.45, 7) is 8.00. The largest absolute Gasteiger partial charge is 0.368 e. The zero-order valence-electron chi connectivity index (χ0n) is 13.0. The van der Waals surface area contributed by atoms with Gasteiger partial charge in [0.25, 0.3) is 0 Å². The van der Waals surface area contributed by atoms with E-state index in [4.69, 9.17) is 11.6 Å². The molecule has 3 nitrogen and oxygen atoms in total. The summed E-state index contributed by atoms with van der Waals surface area (Å²) in [5.74, 6) is 0. The van der Waals surface area contributed by atoms with Gasteiger partial charge in [0.1, 0.15) is 0 Å². The third kappa shape index (κ3) is 4.70. The first-order valence-corrected chi connectivity index (χ1v) is 8.29. The number of halogens is 1. The second kappa shape index (κ2) is 6.77. The molecule has 1 heterocycles. The van der Waals surface area contributed by atoms with E-state index in [-0.39, 0.29) is 5.54 Å². The van der Waals surface area contributed by atoms with Crippen molar-refractivity contribution in [2.24, 2.45) is 0 Å². The summed E-state index contributed by atoms with van der Waals surface area (Å²) in [6, 6.07) is 6.05. The van der Waals surface area contributed by atoms with Crippen molar-refractivity contribution in [3.8, 4) is 0 Å². The normalized spacial score (nSPS) is 11.7. The summed E-state index contributed by atoms with van der Waals surface area (Å²) in [6.07, 6.45) is 0. The first-order chi connectivity index (χ1) is 9.87. The number of anilines is 1. The smallest absolute Gasteiger partial charge is 0.0795 e. The van der Waals surface area contributed by atoms with Crippen LogP contribution >= 0.6 is 22.9 Å². The minimum absolute atomic E-state index is 0.0594. The first kappa shape index (κ1) is 16.3. The van der Waals surface area contributed by atoms with Gasteiger partial charge in [-0.25, -0.2) is 4.98 Å². The average Bonchev–Trinajstić information content (AvgIpc) is 2.88. The summed E-state index contributed by atoms with van der Waals surface area (Å²) in [4.78, 5) is 6.54. The van der Waals surface area contributed by atoms with E-state index < -0.39 is 0 Å². The lowest BCUT2D eigenvalue weighted by Crippen LogP contribution is -2.35. The van der Waals surface area contributed by atoms with Crippen LogP contribution in [-0.4, -0.2) is 17.6 Å². The van der Waals surface area contributed by atoms with Crippen molar-refractivity contribution in [2.75, 3.05) is 11.9 Å². The van der Waals surface area contributed by atoms with Crippen LogP contribution in [0.5, 0.6) is 0 Å². The Morgan fingerprint density at radius 2 is 2.10 bits per heavy atom. The summed E-state index contributed by atoms with van der Waals surface area (Å²) < 4.78 is 0. The van der Waals surface area contributed by atoms with Crippen LogP contribution in [0.2, 0.25) is 5.02 Å². The Labute approximate surface area is 136 Å². The van der Waals surface area contributed by atoms with E-state index in [0.717, 1.165) is 35.1 Å². The van der Waals surface area contributed by atoms with E-state index in [1.807, 2.05) is 17.6 Å². The molecule has 1 N–H and O–H groups in total. The van der Waals surface area contributed by atoms with Crippen molar-refractivity contribution >= 4 is 28.6 Å². The van der Waals surface area contributed by atoms with Crippen LogP contribution in [0.25, 0.3) is 0 Å². The van der Waals surface area contributed by atoms with Gasteiger partial charge in [0.15, 0.2) is 0 Å². The summed E-state index contributed by atoms with van der Waals surface area (Å²) in [5.41, 5.74) is 5.28. The Bertz CT molecular complexity index is 576. The molecule has 0 spiro atoms. The maximum atomic E-state index is 6.40. The van der Waals surface area contributed by atoms with Crippen LogP contribution in [0, 0.1) is 0 Å². The van der Waals surface area contributed by atoms with Crippen LogP contribution in [0.1, 0.15) is 32.0 Å². The molecule has 2 rings (SSSR count). The highest BCUT2D eigenvalue weighted by Crippen LogP contribution is 2.28. The van der Waals surface area contributed by atoms with Crippen molar-refractivity contribution < 1.29 is 0 Å². The number of benzene rings is 1. The molecule has 0 aliphatic heterocycles. The lowest BCUT2D eigenvalue weighted by atomic mass is 10.1. The Morgan fingerprint density at radius 3 is 2.71 bits per heavy atom. The number of nitrogens with one attached hydrogen (secondary N) is 1. The maximum absolute atomic E-state index is 6.40. The minimum Gasteiger partial charge on any atom is -0.368 e. The van der Waals surface area contributed by atoms with Gasteiger partial charge in [0.2, 0.25) is 0 Å². The molecule has 21 heavy (non-hydrogen) atoms. The highest BCUT2D eigenvalue weighted by atomic mass is 35.5. The zero-order valence-corrected chi connectivity index (χ0v) is 14.6. The molecule has 0 amide bonds. The second-order valence-corrected chi connectivity index (χ2v) is 7.30. The molecular weight excluding hydrogens is 302 g/mol. The number of thiazole rings is 1. The van der Waals surface area contributed by atoms with Gasteiger partial charge >= 0.3 is 0 Å². The van der Waals surface area contributed by atoms with E-state index in [2.05, 4.69) is 54.5 Å². The highest BCUT2D eigenvalue weighted by molar-refractivity contribution is 7.07. The summed E-state index contributed by atoms with van der Waals surface area (Å²) >= 11 is 8.03. The zero-order chi connectivity index (χ0) is 15.5. The Hall–Kier alpha value is -1.10. The molecule has 2 aromatic rings. The van der Waals surface area contributed by atoms with E-state index in [9.17, 15) is 0 Å². The van der Waals surface area contributed by atoms with Crippen LogP contribution < -0.4 is 10.2 Å². The minimum atomic E-state index is 0.0594. The maximum Gasteiger partial charge on any atom is 0.0795 e. The Morgan fingerprint density at radius 1 is 1.33 bits per heavy atom. The van der Waals surface area contributed by atoms with Crippen LogP contribution in [0.15, 0.2) is 29.1 Å². The number of hydrogen-bond donors (Lipinski definition) is 1.